The van der Waals surface area contributed by atoms with E-state index in [1.165, 1.54) is 5.56 Å². The molecule has 0 spiro atoms. The Morgan fingerprint density at radius 3 is 2.78 bits per heavy atom. The predicted octanol–water partition coefficient (Wildman–Crippen LogP) is 2.48. The largest absolute Gasteiger partial charge is 0.444 e. The van der Waals surface area contributed by atoms with Crippen molar-refractivity contribution >= 4 is 6.09 Å². The van der Waals surface area contributed by atoms with Crippen molar-refractivity contribution in [3.8, 4) is 0 Å². The van der Waals surface area contributed by atoms with Crippen molar-refractivity contribution in [1.29, 1.82) is 0 Å². The fourth-order valence-electron chi connectivity index (χ4n) is 2.01. The van der Waals surface area contributed by atoms with E-state index in [0.717, 1.165) is 12.8 Å². The highest BCUT2D eigenvalue weighted by Crippen LogP contribution is 2.14. The van der Waals surface area contributed by atoms with E-state index in [4.69, 9.17) is 9.47 Å². The van der Waals surface area contributed by atoms with Gasteiger partial charge in [-0.1, -0.05) is 30.3 Å². The number of rotatable bonds is 6. The first-order valence-electron chi connectivity index (χ1n) is 6.34. The monoisotopic (exact) mass is 249 g/mol. The van der Waals surface area contributed by atoms with Crippen LogP contribution in [0, 0.1) is 0 Å². The molecule has 2 rings (SSSR count). The molecule has 1 aromatic rings. The van der Waals surface area contributed by atoms with Crippen molar-refractivity contribution in [2.45, 2.75) is 38.5 Å². The minimum Gasteiger partial charge on any atom is -0.444 e. The fraction of sp³-hybridized carbons (Fsp3) is 0.500. The van der Waals surface area contributed by atoms with Gasteiger partial charge in [0.1, 0.15) is 6.10 Å². The molecule has 1 aliphatic rings. The van der Waals surface area contributed by atoms with E-state index in [0.29, 0.717) is 13.2 Å². The molecule has 0 radical (unpaired) electrons. The average molecular weight is 249 g/mol. The molecule has 98 valence electrons. The maximum atomic E-state index is 11.0. The predicted molar refractivity (Wildman–Crippen MR) is 68.2 cm³/mol. The lowest BCUT2D eigenvalue weighted by atomic mass is 10.1. The van der Waals surface area contributed by atoms with Crippen LogP contribution in [0.25, 0.3) is 0 Å². The molecule has 1 amide bonds. The molecule has 2 atom stereocenters. The molecule has 4 heteroatoms. The topological polar surface area (TPSA) is 47.6 Å². The first-order chi connectivity index (χ1) is 8.75. The lowest BCUT2D eigenvalue weighted by Crippen LogP contribution is -2.27. The molecular formula is C14H19NO3. The second-order valence-electron chi connectivity index (χ2n) is 4.56. The highest BCUT2D eigenvalue weighted by atomic mass is 16.6. The van der Waals surface area contributed by atoms with Gasteiger partial charge < -0.3 is 14.8 Å². The highest BCUT2D eigenvalue weighted by molar-refractivity contribution is 5.70. The number of hydrogen-bond donors (Lipinski definition) is 1. The quantitative estimate of drug-likeness (QED) is 0.788. The summed E-state index contributed by atoms with van der Waals surface area (Å²) in [6.07, 6.45) is 1.42. The van der Waals surface area contributed by atoms with E-state index < -0.39 is 0 Å². The van der Waals surface area contributed by atoms with Gasteiger partial charge in [-0.15, -0.1) is 0 Å². The molecule has 18 heavy (non-hydrogen) atoms. The van der Waals surface area contributed by atoms with E-state index in [9.17, 15) is 4.79 Å². The Balaban J connectivity index is 1.58. The maximum absolute atomic E-state index is 11.0. The van der Waals surface area contributed by atoms with Gasteiger partial charge in [0, 0.05) is 6.61 Å². The Kier molecular flexibility index (Phi) is 4.59. The van der Waals surface area contributed by atoms with Crippen LogP contribution in [-0.2, 0) is 16.1 Å². The zero-order valence-electron chi connectivity index (χ0n) is 10.6. The van der Waals surface area contributed by atoms with Crippen molar-refractivity contribution in [2.75, 3.05) is 6.61 Å². The van der Waals surface area contributed by atoms with Crippen LogP contribution in [-0.4, -0.2) is 24.8 Å². The molecule has 1 N–H and O–H groups in total. The minimum atomic E-state index is -0.308. The number of cyclic esters (lactones) is 1. The number of benzene rings is 1. The van der Waals surface area contributed by atoms with E-state index in [2.05, 4.69) is 5.32 Å². The standard InChI is InChI=1S/C14H19NO3/c1-11-13(18-14(16)15-11)8-5-9-17-10-12-6-3-2-4-7-12/h2-4,6-7,11,13H,5,8-10H2,1H3,(H,15,16)/t11-,13-/m1/s1. The minimum absolute atomic E-state index is 0.0159. The summed E-state index contributed by atoms with van der Waals surface area (Å²) in [4.78, 5) is 11.0. The third-order valence-corrected chi connectivity index (χ3v) is 3.05. The van der Waals surface area contributed by atoms with Crippen LogP contribution in [0.4, 0.5) is 4.79 Å². The molecule has 0 unspecified atom stereocenters. The van der Waals surface area contributed by atoms with Crippen LogP contribution >= 0.6 is 0 Å². The summed E-state index contributed by atoms with van der Waals surface area (Å²) in [6, 6.07) is 10.2. The van der Waals surface area contributed by atoms with Gasteiger partial charge in [0.2, 0.25) is 0 Å². The van der Waals surface area contributed by atoms with E-state index in [1.807, 2.05) is 37.3 Å². The Labute approximate surface area is 107 Å². The number of nitrogens with one attached hydrogen (secondary N) is 1. The molecule has 0 bridgehead atoms. The van der Waals surface area contributed by atoms with Crippen molar-refractivity contribution in [3.05, 3.63) is 35.9 Å². The first kappa shape index (κ1) is 12.9. The highest BCUT2D eigenvalue weighted by Gasteiger charge is 2.29. The molecule has 0 aromatic heterocycles. The Bertz CT molecular complexity index is 380. The van der Waals surface area contributed by atoms with Gasteiger partial charge in [-0.05, 0) is 25.3 Å². The normalized spacial score (nSPS) is 22.6. The van der Waals surface area contributed by atoms with Gasteiger partial charge in [-0.2, -0.15) is 0 Å². The number of carbonyl (C=O) groups is 1. The van der Waals surface area contributed by atoms with Crippen LogP contribution in [0.5, 0.6) is 0 Å². The lowest BCUT2D eigenvalue weighted by molar-refractivity contribution is 0.0925. The van der Waals surface area contributed by atoms with Crippen LogP contribution in [0.15, 0.2) is 30.3 Å². The number of ether oxygens (including phenoxy) is 2. The number of hydrogen-bond acceptors (Lipinski definition) is 3. The second kappa shape index (κ2) is 6.40. The lowest BCUT2D eigenvalue weighted by Gasteiger charge is -2.12. The van der Waals surface area contributed by atoms with Gasteiger partial charge in [0.25, 0.3) is 0 Å². The Hall–Kier alpha value is -1.55. The summed E-state index contributed by atoms with van der Waals surface area (Å²) in [7, 11) is 0. The average Bonchev–Trinajstić information content (AvgIpc) is 2.69. The zero-order chi connectivity index (χ0) is 12.8. The van der Waals surface area contributed by atoms with Gasteiger partial charge in [0.15, 0.2) is 0 Å². The summed E-state index contributed by atoms with van der Waals surface area (Å²) >= 11 is 0. The summed E-state index contributed by atoms with van der Waals surface area (Å²) in [5.41, 5.74) is 1.18. The summed E-state index contributed by atoms with van der Waals surface area (Å²) < 4.78 is 10.7. The molecule has 1 aliphatic heterocycles. The smallest absolute Gasteiger partial charge is 0.407 e. The summed E-state index contributed by atoms with van der Waals surface area (Å²) in [5.74, 6) is 0. The zero-order valence-corrected chi connectivity index (χ0v) is 10.6. The SMILES string of the molecule is C[C@H]1NC(=O)O[C@@H]1CCCOCc1ccccc1. The first-order valence-corrected chi connectivity index (χ1v) is 6.34. The molecule has 1 saturated heterocycles. The third kappa shape index (κ3) is 3.74. The van der Waals surface area contributed by atoms with E-state index in [1.54, 1.807) is 0 Å². The van der Waals surface area contributed by atoms with Crippen LogP contribution in [0.3, 0.4) is 0 Å². The van der Waals surface area contributed by atoms with Gasteiger partial charge in [0.05, 0.1) is 12.6 Å². The van der Waals surface area contributed by atoms with Gasteiger partial charge >= 0.3 is 6.09 Å². The number of alkyl carbamates (subject to hydrolysis) is 1. The summed E-state index contributed by atoms with van der Waals surface area (Å²) in [6.45, 7) is 3.29. The van der Waals surface area contributed by atoms with Crippen molar-refractivity contribution in [1.82, 2.24) is 5.32 Å². The number of amides is 1. The van der Waals surface area contributed by atoms with Crippen molar-refractivity contribution < 1.29 is 14.3 Å². The molecule has 1 heterocycles. The van der Waals surface area contributed by atoms with E-state index in [-0.39, 0.29) is 18.2 Å². The number of carbonyl (C=O) groups excluding carboxylic acids is 1. The molecule has 1 fully saturated rings. The molecule has 0 aliphatic carbocycles. The summed E-state index contributed by atoms with van der Waals surface area (Å²) in [5, 5.41) is 2.73. The Morgan fingerprint density at radius 1 is 1.33 bits per heavy atom. The molecule has 0 saturated carbocycles. The second-order valence-corrected chi connectivity index (χ2v) is 4.56. The molecular weight excluding hydrogens is 230 g/mol. The van der Waals surface area contributed by atoms with Crippen LogP contribution in [0.2, 0.25) is 0 Å². The third-order valence-electron chi connectivity index (χ3n) is 3.05. The maximum Gasteiger partial charge on any atom is 0.407 e. The Morgan fingerprint density at radius 2 is 2.11 bits per heavy atom. The van der Waals surface area contributed by atoms with Crippen LogP contribution in [0.1, 0.15) is 25.3 Å². The molecule has 4 nitrogen and oxygen atoms in total. The van der Waals surface area contributed by atoms with Gasteiger partial charge in [-0.25, -0.2) is 4.79 Å². The van der Waals surface area contributed by atoms with Crippen molar-refractivity contribution in [3.63, 3.8) is 0 Å². The van der Waals surface area contributed by atoms with Gasteiger partial charge in [-0.3, -0.25) is 0 Å². The fourth-order valence-corrected chi connectivity index (χ4v) is 2.01. The van der Waals surface area contributed by atoms with Crippen LogP contribution < -0.4 is 5.32 Å². The van der Waals surface area contributed by atoms with E-state index >= 15 is 0 Å². The molecule has 1 aromatic carbocycles. The van der Waals surface area contributed by atoms with Crippen molar-refractivity contribution in [2.24, 2.45) is 0 Å².